The highest BCUT2D eigenvalue weighted by molar-refractivity contribution is 5.96. The highest BCUT2D eigenvalue weighted by Crippen LogP contribution is 2.24. The van der Waals surface area contributed by atoms with Crippen molar-refractivity contribution in [2.75, 3.05) is 18.5 Å². The van der Waals surface area contributed by atoms with E-state index < -0.39 is 5.97 Å². The van der Waals surface area contributed by atoms with Crippen LogP contribution in [0.1, 0.15) is 64.2 Å². The Morgan fingerprint density at radius 1 is 1.07 bits per heavy atom. The van der Waals surface area contributed by atoms with E-state index in [9.17, 15) is 9.59 Å². The molecule has 3 N–H and O–H groups in total. The van der Waals surface area contributed by atoms with Gasteiger partial charge in [-0.05, 0) is 44.4 Å². The van der Waals surface area contributed by atoms with Gasteiger partial charge < -0.3 is 20.5 Å². The van der Waals surface area contributed by atoms with Crippen LogP contribution in [0.15, 0.2) is 24.3 Å². The average Bonchev–Trinajstić information content (AvgIpc) is 2.65. The number of fused-ring (bicyclic) bond motifs is 1. The molecule has 0 fully saturated rings. The first-order chi connectivity index (χ1) is 13.2. The molecule has 1 aliphatic heterocycles. The second kappa shape index (κ2) is 12.3. The molecule has 0 saturated heterocycles. The summed E-state index contributed by atoms with van der Waals surface area (Å²) in [6.45, 7) is 1.49. The lowest BCUT2D eigenvalue weighted by Crippen LogP contribution is -2.41. The first-order valence-corrected chi connectivity index (χ1v) is 10.1. The number of unbranched alkanes of at least 4 members (excludes halogenated alkanes) is 2. The predicted octanol–water partition coefficient (Wildman–Crippen LogP) is 3.96. The smallest absolute Gasteiger partial charge is 0.303 e. The Hall–Kier alpha value is -2.08. The summed E-state index contributed by atoms with van der Waals surface area (Å²) in [5.41, 5.74) is 0.706. The molecule has 0 saturated carbocycles. The Labute approximate surface area is 161 Å². The Balaban J connectivity index is 1.96. The first kappa shape index (κ1) is 21.2. The lowest BCUT2D eigenvalue weighted by atomic mass is 10.1. The van der Waals surface area contributed by atoms with Gasteiger partial charge in [0.15, 0.2) is 0 Å². The predicted molar refractivity (Wildman–Crippen MR) is 106 cm³/mol. The van der Waals surface area contributed by atoms with E-state index in [-0.39, 0.29) is 18.4 Å². The van der Waals surface area contributed by atoms with Gasteiger partial charge in [0.25, 0.3) is 0 Å². The van der Waals surface area contributed by atoms with Crippen LogP contribution in [-0.4, -0.2) is 36.2 Å². The van der Waals surface area contributed by atoms with Crippen molar-refractivity contribution >= 4 is 17.6 Å². The number of carbonyl (C=O) groups is 2. The van der Waals surface area contributed by atoms with Crippen LogP contribution < -0.4 is 15.4 Å². The Morgan fingerprint density at radius 2 is 1.85 bits per heavy atom. The van der Waals surface area contributed by atoms with Gasteiger partial charge >= 0.3 is 5.97 Å². The molecule has 1 aromatic rings. The molecular weight excluding hydrogens is 344 g/mol. The zero-order valence-electron chi connectivity index (χ0n) is 16.0. The number of rotatable bonds is 6. The molecule has 1 amide bonds. The summed E-state index contributed by atoms with van der Waals surface area (Å²) in [6, 6.07) is 7.27. The number of ether oxygens (including phenoxy) is 1. The van der Waals surface area contributed by atoms with Crippen LogP contribution in [0, 0.1) is 0 Å². The minimum Gasteiger partial charge on any atom is -0.491 e. The maximum absolute atomic E-state index is 12.8. The standard InChI is InChI=1S/C21H32N2O4/c24-20(25)14-6-4-5-12-18-21(26)23-17-11-7-8-13-19(17)27-16-10-3-1-2-9-15-22-18/h7-8,11,13,18,22H,1-6,9-10,12,14-16H2,(H,23,26)(H,24,25)/t18-/m0/s1. The lowest BCUT2D eigenvalue weighted by molar-refractivity contribution is -0.137. The molecule has 0 unspecified atom stereocenters. The van der Waals surface area contributed by atoms with Crippen LogP contribution in [0.25, 0.3) is 0 Å². The first-order valence-electron chi connectivity index (χ1n) is 10.1. The molecule has 2 rings (SSSR count). The fraction of sp³-hybridized carbons (Fsp3) is 0.619. The number of carboxylic acids is 1. The second-order valence-electron chi connectivity index (χ2n) is 7.10. The van der Waals surface area contributed by atoms with Gasteiger partial charge in [0, 0.05) is 6.42 Å². The van der Waals surface area contributed by atoms with Crippen molar-refractivity contribution in [3.63, 3.8) is 0 Å². The minimum atomic E-state index is -0.763. The topological polar surface area (TPSA) is 87.7 Å². The van der Waals surface area contributed by atoms with Crippen LogP contribution in [0.3, 0.4) is 0 Å². The van der Waals surface area contributed by atoms with E-state index >= 15 is 0 Å². The van der Waals surface area contributed by atoms with Crippen molar-refractivity contribution in [1.82, 2.24) is 5.32 Å². The molecule has 0 aromatic heterocycles. The number of hydrogen-bond acceptors (Lipinski definition) is 4. The minimum absolute atomic E-state index is 0.0543. The number of carboxylic acid groups (broad SMARTS) is 1. The number of anilines is 1. The third-order valence-corrected chi connectivity index (χ3v) is 4.81. The van der Waals surface area contributed by atoms with Gasteiger partial charge in [-0.25, -0.2) is 0 Å². The number of hydrogen-bond donors (Lipinski definition) is 3. The van der Waals surface area contributed by atoms with Crippen LogP contribution in [0.5, 0.6) is 5.75 Å². The summed E-state index contributed by atoms with van der Waals surface area (Å²) in [6.07, 6.45) is 8.75. The van der Waals surface area contributed by atoms with Gasteiger partial charge in [-0.2, -0.15) is 0 Å². The number of amides is 1. The normalized spacial score (nSPS) is 19.3. The van der Waals surface area contributed by atoms with Crippen molar-refractivity contribution in [3.8, 4) is 5.75 Å². The fourth-order valence-corrected chi connectivity index (χ4v) is 3.26. The molecule has 0 aliphatic carbocycles. The SMILES string of the molecule is O=C(O)CCCCC[C@@H]1NCCCCCCCOc2ccccc2NC1=O. The molecule has 1 aromatic carbocycles. The maximum Gasteiger partial charge on any atom is 0.303 e. The van der Waals surface area contributed by atoms with E-state index in [0.717, 1.165) is 45.1 Å². The number of nitrogens with one attached hydrogen (secondary N) is 2. The summed E-state index contributed by atoms with van der Waals surface area (Å²) in [5.74, 6) is -0.107. The second-order valence-corrected chi connectivity index (χ2v) is 7.10. The Kier molecular flexibility index (Phi) is 9.69. The van der Waals surface area contributed by atoms with E-state index in [1.165, 1.54) is 6.42 Å². The molecule has 0 bridgehead atoms. The van der Waals surface area contributed by atoms with Gasteiger partial charge in [0.1, 0.15) is 5.75 Å². The molecular formula is C21H32N2O4. The van der Waals surface area contributed by atoms with Crippen molar-refractivity contribution in [1.29, 1.82) is 0 Å². The van der Waals surface area contributed by atoms with Crippen molar-refractivity contribution in [2.24, 2.45) is 0 Å². The van der Waals surface area contributed by atoms with Gasteiger partial charge in [0.2, 0.25) is 5.91 Å². The van der Waals surface area contributed by atoms with Crippen molar-refractivity contribution < 1.29 is 19.4 Å². The zero-order valence-corrected chi connectivity index (χ0v) is 16.0. The highest BCUT2D eigenvalue weighted by Gasteiger charge is 2.19. The van der Waals surface area contributed by atoms with E-state index in [0.29, 0.717) is 30.9 Å². The van der Waals surface area contributed by atoms with Gasteiger partial charge in [-0.1, -0.05) is 44.2 Å². The number of aliphatic carboxylic acids is 1. The molecule has 6 heteroatoms. The van der Waals surface area contributed by atoms with Gasteiger partial charge in [0.05, 0.1) is 18.3 Å². The van der Waals surface area contributed by atoms with Crippen LogP contribution >= 0.6 is 0 Å². The highest BCUT2D eigenvalue weighted by atomic mass is 16.5. The summed E-state index contributed by atoms with van der Waals surface area (Å²) in [4.78, 5) is 23.4. The third kappa shape index (κ3) is 8.43. The number of benzene rings is 1. The van der Waals surface area contributed by atoms with E-state index in [4.69, 9.17) is 9.84 Å². The summed E-state index contributed by atoms with van der Waals surface area (Å²) >= 11 is 0. The summed E-state index contributed by atoms with van der Waals surface area (Å²) in [7, 11) is 0. The number of para-hydroxylation sites is 2. The molecule has 1 aliphatic rings. The molecule has 6 nitrogen and oxygen atoms in total. The summed E-state index contributed by atoms with van der Waals surface area (Å²) < 4.78 is 5.86. The van der Waals surface area contributed by atoms with Crippen molar-refractivity contribution in [3.05, 3.63) is 24.3 Å². The monoisotopic (exact) mass is 376 g/mol. The quantitative estimate of drug-likeness (QED) is 0.654. The van der Waals surface area contributed by atoms with Crippen LogP contribution in [-0.2, 0) is 9.59 Å². The van der Waals surface area contributed by atoms with E-state index in [2.05, 4.69) is 10.6 Å². The van der Waals surface area contributed by atoms with Crippen LogP contribution in [0.2, 0.25) is 0 Å². The number of carbonyl (C=O) groups excluding carboxylic acids is 1. The third-order valence-electron chi connectivity index (χ3n) is 4.81. The van der Waals surface area contributed by atoms with Crippen LogP contribution in [0.4, 0.5) is 5.69 Å². The summed E-state index contributed by atoms with van der Waals surface area (Å²) in [5, 5.41) is 15.1. The van der Waals surface area contributed by atoms with Gasteiger partial charge in [-0.15, -0.1) is 0 Å². The largest absolute Gasteiger partial charge is 0.491 e. The Bertz CT molecular complexity index is 591. The van der Waals surface area contributed by atoms with Crippen molar-refractivity contribution in [2.45, 2.75) is 70.3 Å². The molecule has 1 heterocycles. The zero-order chi connectivity index (χ0) is 19.3. The lowest BCUT2D eigenvalue weighted by Gasteiger charge is -2.20. The molecule has 1 atom stereocenters. The fourth-order valence-electron chi connectivity index (χ4n) is 3.26. The molecule has 0 radical (unpaired) electrons. The van der Waals surface area contributed by atoms with E-state index in [1.807, 2.05) is 24.3 Å². The average molecular weight is 376 g/mol. The van der Waals surface area contributed by atoms with Gasteiger partial charge in [-0.3, -0.25) is 9.59 Å². The Morgan fingerprint density at radius 3 is 2.70 bits per heavy atom. The van der Waals surface area contributed by atoms with E-state index in [1.54, 1.807) is 0 Å². The molecule has 0 spiro atoms. The maximum atomic E-state index is 12.8. The molecule has 150 valence electrons. The molecule has 27 heavy (non-hydrogen) atoms.